The number of alkyl halides is 2. The third-order valence-corrected chi connectivity index (χ3v) is 5.42. The lowest BCUT2D eigenvalue weighted by molar-refractivity contribution is 0.639. The first-order valence-electron chi connectivity index (χ1n) is 7.80. The third-order valence-electron chi connectivity index (χ3n) is 4.12. The zero-order valence-corrected chi connectivity index (χ0v) is 15.2. The van der Waals surface area contributed by atoms with Crippen molar-refractivity contribution in [2.45, 2.75) is 16.7 Å². The normalized spacial score (nSPS) is 14.8. The van der Waals surface area contributed by atoms with E-state index in [1.807, 2.05) is 72.8 Å². The number of benzene rings is 3. The van der Waals surface area contributed by atoms with Gasteiger partial charge < -0.3 is 0 Å². The lowest BCUT2D eigenvalue weighted by atomic mass is 9.86. The molecule has 3 atom stereocenters. The SMILES string of the molecule is Clc1ccc(C(Cl)[C@H](c2ccccc2)[C@@H](Cl)c2ccccc2)cc1. The molecule has 0 aromatic heterocycles. The Morgan fingerprint density at radius 2 is 0.917 bits per heavy atom. The molecular weight excluding hydrogens is 359 g/mol. The summed E-state index contributed by atoms with van der Waals surface area (Å²) in [5.74, 6) is -0.0573. The van der Waals surface area contributed by atoms with Crippen molar-refractivity contribution >= 4 is 34.8 Å². The van der Waals surface area contributed by atoms with Crippen LogP contribution in [0.4, 0.5) is 0 Å². The lowest BCUT2D eigenvalue weighted by Crippen LogP contribution is -2.12. The van der Waals surface area contributed by atoms with Gasteiger partial charge in [-0.15, -0.1) is 23.2 Å². The van der Waals surface area contributed by atoms with E-state index in [0.29, 0.717) is 5.02 Å². The topological polar surface area (TPSA) is 0 Å². The number of hydrogen-bond donors (Lipinski definition) is 0. The van der Waals surface area contributed by atoms with Crippen molar-refractivity contribution in [1.82, 2.24) is 0 Å². The van der Waals surface area contributed by atoms with Crippen molar-refractivity contribution < 1.29 is 0 Å². The molecule has 1 unspecified atom stereocenters. The van der Waals surface area contributed by atoms with Crippen LogP contribution < -0.4 is 0 Å². The Labute approximate surface area is 158 Å². The van der Waals surface area contributed by atoms with E-state index in [9.17, 15) is 0 Å². The first-order chi connectivity index (χ1) is 11.7. The second-order valence-electron chi connectivity index (χ2n) is 5.70. The average Bonchev–Trinajstić information content (AvgIpc) is 2.64. The van der Waals surface area contributed by atoms with Gasteiger partial charge in [0, 0.05) is 10.9 Å². The molecule has 3 rings (SSSR count). The van der Waals surface area contributed by atoms with E-state index in [2.05, 4.69) is 12.1 Å². The highest BCUT2D eigenvalue weighted by Gasteiger charge is 2.30. The Balaban J connectivity index is 2.00. The lowest BCUT2D eigenvalue weighted by Gasteiger charge is -2.28. The van der Waals surface area contributed by atoms with Crippen LogP contribution in [0.15, 0.2) is 84.9 Å². The van der Waals surface area contributed by atoms with E-state index in [-0.39, 0.29) is 16.7 Å². The van der Waals surface area contributed by atoms with Gasteiger partial charge in [-0.3, -0.25) is 0 Å². The van der Waals surface area contributed by atoms with Crippen molar-refractivity contribution in [3.8, 4) is 0 Å². The molecule has 0 spiro atoms. The van der Waals surface area contributed by atoms with E-state index in [0.717, 1.165) is 16.7 Å². The maximum absolute atomic E-state index is 6.88. The molecule has 0 fully saturated rings. The molecule has 3 aromatic carbocycles. The Hall–Kier alpha value is -1.47. The molecule has 0 saturated carbocycles. The summed E-state index contributed by atoms with van der Waals surface area (Å²) in [4.78, 5) is 0. The predicted molar refractivity (Wildman–Crippen MR) is 104 cm³/mol. The predicted octanol–water partition coefficient (Wildman–Crippen LogP) is 7.38. The van der Waals surface area contributed by atoms with Crippen LogP contribution in [0.2, 0.25) is 5.02 Å². The van der Waals surface area contributed by atoms with E-state index in [1.54, 1.807) is 0 Å². The molecule has 0 N–H and O–H groups in total. The molecule has 0 aliphatic carbocycles. The summed E-state index contributed by atoms with van der Waals surface area (Å²) < 4.78 is 0. The van der Waals surface area contributed by atoms with Gasteiger partial charge in [-0.1, -0.05) is 84.4 Å². The molecule has 0 aliphatic heterocycles. The smallest absolute Gasteiger partial charge is 0.0671 e. The van der Waals surface area contributed by atoms with Gasteiger partial charge in [-0.2, -0.15) is 0 Å². The summed E-state index contributed by atoms with van der Waals surface area (Å²) in [6.45, 7) is 0. The van der Waals surface area contributed by atoms with E-state index < -0.39 is 0 Å². The fourth-order valence-electron chi connectivity index (χ4n) is 2.86. The van der Waals surface area contributed by atoms with E-state index >= 15 is 0 Å². The van der Waals surface area contributed by atoms with Gasteiger partial charge >= 0.3 is 0 Å². The van der Waals surface area contributed by atoms with Crippen LogP contribution in [-0.4, -0.2) is 0 Å². The van der Waals surface area contributed by atoms with Gasteiger partial charge in [-0.05, 0) is 28.8 Å². The summed E-state index contributed by atoms with van der Waals surface area (Å²) in [5, 5.41) is 0.212. The molecule has 122 valence electrons. The molecule has 3 aromatic rings. The van der Waals surface area contributed by atoms with Crippen LogP contribution in [0.5, 0.6) is 0 Å². The first-order valence-corrected chi connectivity index (χ1v) is 9.05. The monoisotopic (exact) mass is 374 g/mol. The summed E-state index contributed by atoms with van der Waals surface area (Å²) in [6, 6.07) is 27.9. The second kappa shape index (κ2) is 8.07. The highest BCUT2D eigenvalue weighted by atomic mass is 35.5. The minimum Gasteiger partial charge on any atom is -0.117 e. The third kappa shape index (κ3) is 3.95. The molecule has 24 heavy (non-hydrogen) atoms. The van der Waals surface area contributed by atoms with Crippen LogP contribution in [0.1, 0.15) is 33.4 Å². The van der Waals surface area contributed by atoms with Crippen LogP contribution in [0.25, 0.3) is 0 Å². The maximum atomic E-state index is 6.88. The second-order valence-corrected chi connectivity index (χ2v) is 7.08. The number of rotatable bonds is 5. The molecule has 0 saturated heterocycles. The van der Waals surface area contributed by atoms with Crippen LogP contribution in [0.3, 0.4) is 0 Å². The molecule has 0 nitrogen and oxygen atoms in total. The van der Waals surface area contributed by atoms with Crippen molar-refractivity contribution in [2.75, 3.05) is 0 Å². The Bertz CT molecular complexity index is 754. The van der Waals surface area contributed by atoms with Gasteiger partial charge in [0.05, 0.1) is 10.8 Å². The van der Waals surface area contributed by atoms with Gasteiger partial charge in [0.1, 0.15) is 0 Å². The van der Waals surface area contributed by atoms with E-state index in [4.69, 9.17) is 34.8 Å². The fraction of sp³-hybridized carbons (Fsp3) is 0.143. The first kappa shape index (κ1) is 17.4. The van der Waals surface area contributed by atoms with Crippen molar-refractivity contribution in [3.63, 3.8) is 0 Å². The Kier molecular flexibility index (Phi) is 5.84. The summed E-state index contributed by atoms with van der Waals surface area (Å²) in [6.07, 6.45) is 0. The van der Waals surface area contributed by atoms with Crippen LogP contribution in [-0.2, 0) is 0 Å². The van der Waals surface area contributed by atoms with Gasteiger partial charge in [0.15, 0.2) is 0 Å². The number of halogens is 3. The highest BCUT2D eigenvalue weighted by Crippen LogP contribution is 2.47. The largest absolute Gasteiger partial charge is 0.117 e. The standard InChI is InChI=1S/C21H17Cl3/c22-18-13-11-17(12-14-18)21(24)19(15-7-3-1-4-8-15)20(23)16-9-5-2-6-10-16/h1-14,19-21H/t19-,20+,21?/m1/s1. The van der Waals surface area contributed by atoms with Crippen molar-refractivity contribution in [2.24, 2.45) is 0 Å². The molecule has 0 amide bonds. The summed E-state index contributed by atoms with van der Waals surface area (Å²) >= 11 is 19.8. The Morgan fingerprint density at radius 1 is 0.500 bits per heavy atom. The molecule has 3 heteroatoms. The highest BCUT2D eigenvalue weighted by molar-refractivity contribution is 6.30. The average molecular weight is 376 g/mol. The number of hydrogen-bond acceptors (Lipinski definition) is 0. The van der Waals surface area contributed by atoms with Crippen molar-refractivity contribution in [1.29, 1.82) is 0 Å². The van der Waals surface area contributed by atoms with Crippen LogP contribution >= 0.6 is 34.8 Å². The van der Waals surface area contributed by atoms with Gasteiger partial charge in [-0.25, -0.2) is 0 Å². The molecule has 0 aliphatic rings. The minimum atomic E-state index is -0.257. The zero-order valence-electron chi connectivity index (χ0n) is 12.9. The zero-order chi connectivity index (χ0) is 16.9. The van der Waals surface area contributed by atoms with Gasteiger partial charge in [0.2, 0.25) is 0 Å². The fourth-order valence-corrected chi connectivity index (χ4v) is 3.93. The van der Waals surface area contributed by atoms with E-state index in [1.165, 1.54) is 0 Å². The Morgan fingerprint density at radius 3 is 1.42 bits per heavy atom. The molecule has 0 radical (unpaired) electrons. The summed E-state index contributed by atoms with van der Waals surface area (Å²) in [7, 11) is 0. The minimum absolute atomic E-state index is 0.0573. The van der Waals surface area contributed by atoms with Crippen LogP contribution in [0, 0.1) is 0 Å². The quantitative estimate of drug-likeness (QED) is 0.408. The molecule has 0 heterocycles. The van der Waals surface area contributed by atoms with Gasteiger partial charge in [0.25, 0.3) is 0 Å². The molecular formula is C21H17Cl3. The van der Waals surface area contributed by atoms with Crippen molar-refractivity contribution in [3.05, 3.63) is 107 Å². The molecule has 0 bridgehead atoms. The maximum Gasteiger partial charge on any atom is 0.0671 e. The summed E-state index contributed by atoms with van der Waals surface area (Å²) in [5.41, 5.74) is 3.19.